The van der Waals surface area contributed by atoms with Gasteiger partial charge in [-0.3, -0.25) is 0 Å². The molecule has 1 aliphatic carbocycles. The smallest absolute Gasteiger partial charge is 0.119 e. The van der Waals surface area contributed by atoms with Gasteiger partial charge in [-0.1, -0.05) is 12.2 Å². The molecule has 2 heteroatoms. The van der Waals surface area contributed by atoms with Gasteiger partial charge >= 0.3 is 0 Å². The lowest BCUT2D eigenvalue weighted by molar-refractivity contribution is 0.210. The van der Waals surface area contributed by atoms with Crippen molar-refractivity contribution in [2.75, 3.05) is 18.0 Å². The monoisotopic (exact) mass is 243 g/mol. The molecule has 0 saturated heterocycles. The van der Waals surface area contributed by atoms with Crippen LogP contribution in [-0.2, 0) is 0 Å². The normalized spacial score (nSPS) is 20.3. The van der Waals surface area contributed by atoms with Gasteiger partial charge in [0.15, 0.2) is 0 Å². The first-order valence-corrected chi connectivity index (χ1v) is 7.08. The van der Waals surface area contributed by atoms with Crippen molar-refractivity contribution in [3.05, 3.63) is 36.4 Å². The van der Waals surface area contributed by atoms with Gasteiger partial charge in [-0.15, -0.1) is 0 Å². The summed E-state index contributed by atoms with van der Waals surface area (Å²) in [5.74, 6) is 1.03. The van der Waals surface area contributed by atoms with Crippen LogP contribution in [0.3, 0.4) is 0 Å². The van der Waals surface area contributed by atoms with Gasteiger partial charge in [0, 0.05) is 18.8 Å². The Labute approximate surface area is 109 Å². The molecule has 1 aromatic rings. The lowest BCUT2D eigenvalue weighted by Gasteiger charge is -2.25. The lowest BCUT2D eigenvalue weighted by atomic mass is 10.2. The minimum absolute atomic E-state index is 0.453. The maximum Gasteiger partial charge on any atom is 0.119 e. The van der Waals surface area contributed by atoms with Crippen LogP contribution >= 0.6 is 0 Å². The van der Waals surface area contributed by atoms with Crippen LogP contribution in [0.25, 0.3) is 0 Å². The number of rotatable bonds is 3. The summed E-state index contributed by atoms with van der Waals surface area (Å²) in [5.41, 5.74) is 1.30. The number of anilines is 1. The second-order valence-corrected chi connectivity index (χ2v) is 5.22. The number of nitrogens with zero attached hydrogens (tertiary/aromatic N) is 1. The Bertz CT molecular complexity index is 404. The zero-order chi connectivity index (χ0) is 12.2. The fourth-order valence-electron chi connectivity index (χ4n) is 2.81. The molecule has 0 atom stereocenters. The quantitative estimate of drug-likeness (QED) is 0.749. The second kappa shape index (κ2) is 5.47. The molecule has 1 aliphatic heterocycles. The fraction of sp³-hybridized carbons (Fsp3) is 0.500. The first-order chi connectivity index (χ1) is 8.92. The molecule has 0 aromatic heterocycles. The summed E-state index contributed by atoms with van der Waals surface area (Å²) in [6.07, 6.45) is 11.2. The van der Waals surface area contributed by atoms with E-state index in [2.05, 4.69) is 41.3 Å². The van der Waals surface area contributed by atoms with Gasteiger partial charge in [-0.25, -0.2) is 0 Å². The molecule has 0 bridgehead atoms. The Hall–Kier alpha value is -1.44. The van der Waals surface area contributed by atoms with Crippen LogP contribution in [0.15, 0.2) is 36.4 Å². The molecule has 0 spiro atoms. The summed E-state index contributed by atoms with van der Waals surface area (Å²) >= 11 is 0. The number of ether oxygens (including phenoxy) is 1. The first-order valence-electron chi connectivity index (χ1n) is 7.08. The highest BCUT2D eigenvalue weighted by molar-refractivity contribution is 5.50. The van der Waals surface area contributed by atoms with Crippen LogP contribution < -0.4 is 9.64 Å². The van der Waals surface area contributed by atoms with Crippen molar-refractivity contribution in [1.82, 2.24) is 0 Å². The summed E-state index contributed by atoms with van der Waals surface area (Å²) in [4.78, 5) is 2.40. The highest BCUT2D eigenvalue weighted by Gasteiger charge is 2.16. The van der Waals surface area contributed by atoms with E-state index < -0.39 is 0 Å². The molecule has 0 N–H and O–H groups in total. The molecular formula is C16H21NO. The largest absolute Gasteiger partial charge is 0.490 e. The summed E-state index contributed by atoms with van der Waals surface area (Å²) < 4.78 is 5.99. The Morgan fingerprint density at radius 3 is 2.44 bits per heavy atom. The van der Waals surface area contributed by atoms with Crippen LogP contribution in [0.5, 0.6) is 5.75 Å². The Morgan fingerprint density at radius 1 is 1.00 bits per heavy atom. The van der Waals surface area contributed by atoms with E-state index in [1.165, 1.54) is 31.4 Å². The van der Waals surface area contributed by atoms with Crippen molar-refractivity contribution in [2.24, 2.45) is 0 Å². The summed E-state index contributed by atoms with van der Waals surface area (Å²) in [6.45, 7) is 2.15. The molecule has 1 saturated carbocycles. The van der Waals surface area contributed by atoms with Crippen molar-refractivity contribution in [3.8, 4) is 5.75 Å². The SMILES string of the molecule is C1=CCN(c2ccc(OC3CCCC3)cc2)CC1. The van der Waals surface area contributed by atoms with E-state index in [1.54, 1.807) is 0 Å². The molecule has 2 nitrogen and oxygen atoms in total. The Morgan fingerprint density at radius 2 is 1.78 bits per heavy atom. The van der Waals surface area contributed by atoms with Crippen molar-refractivity contribution in [2.45, 2.75) is 38.2 Å². The highest BCUT2D eigenvalue weighted by atomic mass is 16.5. The van der Waals surface area contributed by atoms with Crippen LogP contribution in [0.1, 0.15) is 32.1 Å². The maximum absolute atomic E-state index is 5.99. The number of benzene rings is 1. The van der Waals surface area contributed by atoms with Gasteiger partial charge in [0.2, 0.25) is 0 Å². The molecule has 0 amide bonds. The molecule has 3 rings (SSSR count). The molecule has 1 heterocycles. The fourth-order valence-corrected chi connectivity index (χ4v) is 2.81. The molecule has 1 fully saturated rings. The zero-order valence-corrected chi connectivity index (χ0v) is 10.8. The average molecular weight is 243 g/mol. The van der Waals surface area contributed by atoms with Gasteiger partial charge in [0.1, 0.15) is 5.75 Å². The van der Waals surface area contributed by atoms with Gasteiger partial charge in [0.05, 0.1) is 6.10 Å². The Kier molecular flexibility index (Phi) is 3.54. The van der Waals surface area contributed by atoms with E-state index in [4.69, 9.17) is 4.74 Å². The number of hydrogen-bond donors (Lipinski definition) is 0. The van der Waals surface area contributed by atoms with E-state index in [0.29, 0.717) is 6.10 Å². The van der Waals surface area contributed by atoms with Crippen LogP contribution in [-0.4, -0.2) is 19.2 Å². The van der Waals surface area contributed by atoms with Gasteiger partial charge < -0.3 is 9.64 Å². The van der Waals surface area contributed by atoms with Crippen LogP contribution in [0.4, 0.5) is 5.69 Å². The summed E-state index contributed by atoms with van der Waals surface area (Å²) in [6, 6.07) is 8.60. The molecule has 96 valence electrons. The van der Waals surface area contributed by atoms with E-state index in [9.17, 15) is 0 Å². The molecule has 0 radical (unpaired) electrons. The van der Waals surface area contributed by atoms with Crippen LogP contribution in [0, 0.1) is 0 Å². The molecule has 0 unspecified atom stereocenters. The predicted octanol–water partition coefficient (Wildman–Crippen LogP) is 3.77. The van der Waals surface area contributed by atoms with Gasteiger partial charge in [0.25, 0.3) is 0 Å². The third kappa shape index (κ3) is 2.69. The third-order valence-electron chi connectivity index (χ3n) is 3.86. The molecule has 1 aromatic carbocycles. The summed E-state index contributed by atoms with van der Waals surface area (Å²) in [7, 11) is 0. The molecule has 2 aliphatic rings. The van der Waals surface area contributed by atoms with Crippen molar-refractivity contribution in [1.29, 1.82) is 0 Å². The third-order valence-corrected chi connectivity index (χ3v) is 3.86. The van der Waals surface area contributed by atoms with Crippen molar-refractivity contribution < 1.29 is 4.74 Å². The van der Waals surface area contributed by atoms with Crippen molar-refractivity contribution in [3.63, 3.8) is 0 Å². The molecular weight excluding hydrogens is 222 g/mol. The summed E-state index contributed by atoms with van der Waals surface area (Å²) in [5, 5.41) is 0. The number of hydrogen-bond acceptors (Lipinski definition) is 2. The lowest BCUT2D eigenvalue weighted by Crippen LogP contribution is -2.26. The Balaban J connectivity index is 1.62. The van der Waals surface area contributed by atoms with E-state index in [-0.39, 0.29) is 0 Å². The van der Waals surface area contributed by atoms with E-state index in [1.807, 2.05) is 0 Å². The second-order valence-electron chi connectivity index (χ2n) is 5.22. The van der Waals surface area contributed by atoms with Gasteiger partial charge in [-0.2, -0.15) is 0 Å². The minimum atomic E-state index is 0.453. The average Bonchev–Trinajstić information content (AvgIpc) is 2.94. The zero-order valence-electron chi connectivity index (χ0n) is 10.8. The highest BCUT2D eigenvalue weighted by Crippen LogP contribution is 2.26. The predicted molar refractivity (Wildman–Crippen MR) is 75.3 cm³/mol. The van der Waals surface area contributed by atoms with E-state index >= 15 is 0 Å². The topological polar surface area (TPSA) is 12.5 Å². The standard InChI is InChI=1S/C16H21NO/c1-4-12-17(13-5-1)14-8-10-16(11-9-14)18-15-6-2-3-7-15/h1,4,8-11,15H,2-3,5-7,12-13H2. The van der Waals surface area contributed by atoms with Crippen LogP contribution in [0.2, 0.25) is 0 Å². The van der Waals surface area contributed by atoms with Gasteiger partial charge in [-0.05, 0) is 56.4 Å². The van der Waals surface area contributed by atoms with E-state index in [0.717, 1.165) is 25.3 Å². The molecule has 18 heavy (non-hydrogen) atoms. The minimum Gasteiger partial charge on any atom is -0.490 e. The first kappa shape index (κ1) is 11.6. The maximum atomic E-state index is 5.99. The van der Waals surface area contributed by atoms with Crippen molar-refractivity contribution >= 4 is 5.69 Å².